The van der Waals surface area contributed by atoms with E-state index in [9.17, 15) is 9.90 Å². The number of nitrogens with one attached hydrogen (secondary N) is 1. The van der Waals surface area contributed by atoms with E-state index in [2.05, 4.69) is 15.2 Å². The number of phenolic OH excluding ortho intramolecular Hbond substituents is 1. The quantitative estimate of drug-likeness (QED) is 0.808. The largest absolute Gasteiger partial charge is 0.508 e. The van der Waals surface area contributed by atoms with Crippen molar-refractivity contribution in [2.24, 2.45) is 0 Å². The molecule has 154 valence electrons. The standard InChI is InChI=1S/C22H28N4O3/c27-20-3-1-2-17(14-20)16-25-8-6-19(7-9-25)24-21-5-4-18(15-23-21)22(28)26-10-12-29-13-11-26/h1-5,14-15,19,27H,6-13,16H2,(H,23,24). The molecule has 0 atom stereocenters. The Morgan fingerprint density at radius 3 is 2.62 bits per heavy atom. The minimum atomic E-state index is 0.0209. The van der Waals surface area contributed by atoms with E-state index in [1.807, 2.05) is 35.2 Å². The molecule has 2 aromatic rings. The van der Waals surface area contributed by atoms with Crippen LogP contribution in [0.2, 0.25) is 0 Å². The van der Waals surface area contributed by atoms with Crippen molar-refractivity contribution in [2.45, 2.75) is 25.4 Å². The molecule has 0 spiro atoms. The van der Waals surface area contributed by atoms with Crippen molar-refractivity contribution in [1.82, 2.24) is 14.8 Å². The van der Waals surface area contributed by atoms with Gasteiger partial charge in [0.25, 0.3) is 5.91 Å². The predicted molar refractivity (Wildman–Crippen MR) is 111 cm³/mol. The minimum absolute atomic E-state index is 0.0209. The summed E-state index contributed by atoms with van der Waals surface area (Å²) in [5.41, 5.74) is 1.76. The van der Waals surface area contributed by atoms with E-state index in [1.165, 1.54) is 0 Å². The normalized spacial score (nSPS) is 18.6. The number of nitrogens with zero attached hydrogens (tertiary/aromatic N) is 3. The number of anilines is 1. The zero-order valence-electron chi connectivity index (χ0n) is 16.6. The van der Waals surface area contributed by atoms with Crippen LogP contribution in [0.3, 0.4) is 0 Å². The maximum absolute atomic E-state index is 12.5. The molecular formula is C22H28N4O3. The molecule has 0 unspecified atom stereocenters. The fraction of sp³-hybridized carbons (Fsp3) is 0.455. The van der Waals surface area contributed by atoms with Gasteiger partial charge in [-0.1, -0.05) is 12.1 Å². The number of aromatic nitrogens is 1. The summed E-state index contributed by atoms with van der Waals surface area (Å²) < 4.78 is 5.30. The Kier molecular flexibility index (Phi) is 6.27. The molecule has 0 saturated carbocycles. The van der Waals surface area contributed by atoms with E-state index < -0.39 is 0 Å². The number of morpholine rings is 1. The topological polar surface area (TPSA) is 77.9 Å². The summed E-state index contributed by atoms with van der Waals surface area (Å²) in [6.45, 7) is 5.34. The molecule has 2 aliphatic heterocycles. The molecule has 1 amide bonds. The van der Waals surface area contributed by atoms with Gasteiger partial charge in [-0.2, -0.15) is 0 Å². The molecule has 1 aromatic heterocycles. The maximum atomic E-state index is 12.5. The van der Waals surface area contributed by atoms with Gasteiger partial charge in [0.1, 0.15) is 11.6 Å². The van der Waals surface area contributed by atoms with E-state index in [4.69, 9.17) is 4.74 Å². The number of hydrogen-bond donors (Lipinski definition) is 2. The highest BCUT2D eigenvalue weighted by atomic mass is 16.5. The van der Waals surface area contributed by atoms with Crippen LogP contribution in [0.4, 0.5) is 5.82 Å². The maximum Gasteiger partial charge on any atom is 0.255 e. The lowest BCUT2D eigenvalue weighted by molar-refractivity contribution is 0.0302. The van der Waals surface area contributed by atoms with E-state index in [0.29, 0.717) is 43.7 Å². The summed E-state index contributed by atoms with van der Waals surface area (Å²) in [5, 5.41) is 13.1. The Balaban J connectivity index is 1.25. The lowest BCUT2D eigenvalue weighted by Crippen LogP contribution is -2.40. The number of rotatable bonds is 5. The molecule has 0 radical (unpaired) electrons. The van der Waals surface area contributed by atoms with E-state index >= 15 is 0 Å². The fourth-order valence-electron chi connectivity index (χ4n) is 3.91. The third kappa shape index (κ3) is 5.25. The molecule has 7 heteroatoms. The zero-order chi connectivity index (χ0) is 20.1. The van der Waals surface area contributed by atoms with Crippen LogP contribution in [0.1, 0.15) is 28.8 Å². The van der Waals surface area contributed by atoms with Crippen molar-refractivity contribution in [1.29, 1.82) is 0 Å². The van der Waals surface area contributed by atoms with Crippen LogP contribution in [-0.2, 0) is 11.3 Å². The predicted octanol–water partition coefficient (Wildman–Crippen LogP) is 2.34. The smallest absolute Gasteiger partial charge is 0.255 e. The Hall–Kier alpha value is -2.64. The second-order valence-electron chi connectivity index (χ2n) is 7.70. The Morgan fingerprint density at radius 2 is 1.93 bits per heavy atom. The SMILES string of the molecule is O=C(c1ccc(NC2CCN(Cc3cccc(O)c3)CC2)nc1)N1CCOCC1. The molecular weight excluding hydrogens is 368 g/mol. The molecule has 1 aromatic carbocycles. The Labute approximate surface area is 171 Å². The van der Waals surface area contributed by atoms with Gasteiger partial charge < -0.3 is 20.1 Å². The average molecular weight is 396 g/mol. The second-order valence-corrected chi connectivity index (χ2v) is 7.70. The lowest BCUT2D eigenvalue weighted by Gasteiger charge is -2.32. The highest BCUT2D eigenvalue weighted by Gasteiger charge is 2.21. The summed E-state index contributed by atoms with van der Waals surface area (Å²) in [6, 6.07) is 11.6. The van der Waals surface area contributed by atoms with Gasteiger partial charge in [-0.3, -0.25) is 9.69 Å². The van der Waals surface area contributed by atoms with Crippen molar-refractivity contribution in [3.05, 3.63) is 53.7 Å². The number of piperidine rings is 1. The summed E-state index contributed by atoms with van der Waals surface area (Å²) in [6.07, 6.45) is 3.74. The average Bonchev–Trinajstić information content (AvgIpc) is 2.76. The van der Waals surface area contributed by atoms with E-state index in [0.717, 1.165) is 43.9 Å². The number of pyridine rings is 1. The molecule has 0 aliphatic carbocycles. The number of phenols is 1. The van der Waals surface area contributed by atoms with E-state index in [-0.39, 0.29) is 5.91 Å². The van der Waals surface area contributed by atoms with Crippen LogP contribution in [0.5, 0.6) is 5.75 Å². The summed E-state index contributed by atoms with van der Waals surface area (Å²) in [4.78, 5) is 21.2. The first-order valence-electron chi connectivity index (χ1n) is 10.3. The first kappa shape index (κ1) is 19.7. The van der Waals surface area contributed by atoms with Crippen LogP contribution in [0.25, 0.3) is 0 Å². The van der Waals surface area contributed by atoms with Crippen LogP contribution in [0.15, 0.2) is 42.6 Å². The van der Waals surface area contributed by atoms with Gasteiger partial charge in [-0.15, -0.1) is 0 Å². The number of benzene rings is 1. The van der Waals surface area contributed by atoms with Crippen LogP contribution < -0.4 is 5.32 Å². The number of aromatic hydroxyl groups is 1. The van der Waals surface area contributed by atoms with Gasteiger partial charge in [0.2, 0.25) is 0 Å². The monoisotopic (exact) mass is 396 g/mol. The van der Waals surface area contributed by atoms with Crippen molar-refractivity contribution in [3.63, 3.8) is 0 Å². The number of carbonyl (C=O) groups excluding carboxylic acids is 1. The molecule has 2 saturated heterocycles. The molecule has 0 bridgehead atoms. The number of ether oxygens (including phenoxy) is 1. The molecule has 3 heterocycles. The van der Waals surface area contributed by atoms with Crippen LogP contribution >= 0.6 is 0 Å². The second kappa shape index (κ2) is 9.24. The molecule has 29 heavy (non-hydrogen) atoms. The van der Waals surface area contributed by atoms with Crippen molar-refractivity contribution in [2.75, 3.05) is 44.7 Å². The first-order valence-corrected chi connectivity index (χ1v) is 10.3. The summed E-state index contributed by atoms with van der Waals surface area (Å²) >= 11 is 0. The number of hydrogen-bond acceptors (Lipinski definition) is 6. The molecule has 2 N–H and O–H groups in total. The third-order valence-electron chi connectivity index (χ3n) is 5.57. The van der Waals surface area contributed by atoms with Crippen molar-refractivity contribution < 1.29 is 14.6 Å². The van der Waals surface area contributed by atoms with Gasteiger partial charge >= 0.3 is 0 Å². The van der Waals surface area contributed by atoms with Crippen molar-refractivity contribution >= 4 is 11.7 Å². The molecule has 4 rings (SSSR count). The van der Waals surface area contributed by atoms with Crippen LogP contribution in [-0.4, -0.2) is 71.2 Å². The van der Waals surface area contributed by atoms with Gasteiger partial charge in [0.15, 0.2) is 0 Å². The molecule has 7 nitrogen and oxygen atoms in total. The lowest BCUT2D eigenvalue weighted by atomic mass is 10.0. The molecule has 2 fully saturated rings. The molecule has 2 aliphatic rings. The van der Waals surface area contributed by atoms with Gasteiger partial charge in [-0.25, -0.2) is 4.98 Å². The number of amides is 1. The zero-order valence-corrected chi connectivity index (χ0v) is 16.6. The van der Waals surface area contributed by atoms with Crippen LogP contribution in [0, 0.1) is 0 Å². The minimum Gasteiger partial charge on any atom is -0.508 e. The number of likely N-dealkylation sites (tertiary alicyclic amines) is 1. The Bertz CT molecular complexity index is 813. The Morgan fingerprint density at radius 1 is 1.14 bits per heavy atom. The van der Waals surface area contributed by atoms with Gasteiger partial charge in [0.05, 0.1) is 18.8 Å². The van der Waals surface area contributed by atoms with Crippen molar-refractivity contribution in [3.8, 4) is 5.75 Å². The highest BCUT2D eigenvalue weighted by Crippen LogP contribution is 2.19. The summed E-state index contributed by atoms with van der Waals surface area (Å²) in [5.74, 6) is 1.16. The number of carbonyl (C=O) groups is 1. The fourth-order valence-corrected chi connectivity index (χ4v) is 3.91. The van der Waals surface area contributed by atoms with Gasteiger partial charge in [-0.05, 0) is 42.7 Å². The van der Waals surface area contributed by atoms with Gasteiger partial charge in [0, 0.05) is 45.0 Å². The third-order valence-corrected chi connectivity index (χ3v) is 5.57. The first-order chi connectivity index (χ1) is 14.2. The summed E-state index contributed by atoms with van der Waals surface area (Å²) in [7, 11) is 0. The van der Waals surface area contributed by atoms with E-state index in [1.54, 1.807) is 12.3 Å². The highest BCUT2D eigenvalue weighted by molar-refractivity contribution is 5.94.